The van der Waals surface area contributed by atoms with Crippen molar-refractivity contribution in [1.82, 2.24) is 16.0 Å². The number of nitrogens with two attached hydrogens (primary N) is 1. The molecule has 32 heavy (non-hydrogen) atoms. The molecule has 13 heteroatoms. The van der Waals surface area contributed by atoms with Crippen molar-refractivity contribution in [1.29, 1.82) is 0 Å². The monoisotopic (exact) mass is 470 g/mol. The average molecular weight is 471 g/mol. The summed E-state index contributed by atoms with van der Waals surface area (Å²) < 4.78 is 0. The molecule has 0 bridgehead atoms. The molecule has 0 aliphatic rings. The number of amides is 3. The van der Waals surface area contributed by atoms with E-state index in [0.29, 0.717) is 5.56 Å². The highest BCUT2D eigenvalue weighted by Gasteiger charge is 2.30. The molecule has 8 N–H and O–H groups in total. The smallest absolute Gasteiger partial charge is 0.327 e. The molecule has 4 unspecified atom stereocenters. The summed E-state index contributed by atoms with van der Waals surface area (Å²) in [5.74, 6) is -5.59. The van der Waals surface area contributed by atoms with Crippen LogP contribution in [0.3, 0.4) is 0 Å². The molecular formula is C19H26N4O8S. The van der Waals surface area contributed by atoms with E-state index in [0.717, 1.165) is 0 Å². The van der Waals surface area contributed by atoms with Crippen molar-refractivity contribution in [3.8, 4) is 0 Å². The second-order valence-electron chi connectivity index (χ2n) is 6.78. The van der Waals surface area contributed by atoms with Gasteiger partial charge < -0.3 is 37.0 Å². The number of carboxylic acid groups (broad SMARTS) is 2. The van der Waals surface area contributed by atoms with E-state index in [4.69, 9.17) is 15.9 Å². The number of carbonyl (C=O) groups is 5. The normalized spacial score (nSPS) is 14.3. The van der Waals surface area contributed by atoms with Crippen LogP contribution in [0.25, 0.3) is 0 Å². The quantitative estimate of drug-likeness (QED) is 0.143. The first-order valence-electron chi connectivity index (χ1n) is 9.46. The maximum absolute atomic E-state index is 12.8. The van der Waals surface area contributed by atoms with Gasteiger partial charge in [-0.2, -0.15) is 12.6 Å². The molecule has 12 nitrogen and oxygen atoms in total. The standard InChI is InChI=1S/C19H26N4O8S/c20-11(7-15(25)26)16(27)21-12(6-10-4-2-1-3-5-10)17(28)22-13(8-24)18(29)23-14(9-32)19(30)31/h1-5,11-14,24,32H,6-9,20H2,(H,21,27)(H,22,28)(H,23,29)(H,25,26)(H,30,31). The summed E-state index contributed by atoms with van der Waals surface area (Å²) in [6.45, 7) is -0.846. The Balaban J connectivity index is 2.97. The number of aliphatic hydroxyl groups excluding tert-OH is 1. The Labute approximate surface area is 189 Å². The highest BCUT2D eigenvalue weighted by Crippen LogP contribution is 2.05. The number of hydrogen-bond donors (Lipinski definition) is 8. The average Bonchev–Trinajstić information content (AvgIpc) is 2.74. The van der Waals surface area contributed by atoms with Crippen molar-refractivity contribution in [3.05, 3.63) is 35.9 Å². The van der Waals surface area contributed by atoms with E-state index in [9.17, 15) is 29.1 Å². The minimum Gasteiger partial charge on any atom is -0.481 e. The van der Waals surface area contributed by atoms with Crippen molar-refractivity contribution in [2.45, 2.75) is 37.0 Å². The predicted molar refractivity (Wildman–Crippen MR) is 115 cm³/mol. The molecule has 4 atom stereocenters. The fourth-order valence-corrected chi connectivity index (χ4v) is 2.79. The lowest BCUT2D eigenvalue weighted by atomic mass is 10.0. The number of carbonyl (C=O) groups excluding carboxylic acids is 3. The maximum atomic E-state index is 12.8. The van der Waals surface area contributed by atoms with Crippen molar-refractivity contribution in [2.75, 3.05) is 12.4 Å². The van der Waals surface area contributed by atoms with E-state index in [1.54, 1.807) is 30.3 Å². The van der Waals surface area contributed by atoms with Crippen molar-refractivity contribution in [2.24, 2.45) is 5.73 Å². The first kappa shape index (κ1) is 26.9. The van der Waals surface area contributed by atoms with Crippen LogP contribution in [0.5, 0.6) is 0 Å². The Kier molecular flexibility index (Phi) is 11.2. The van der Waals surface area contributed by atoms with E-state index in [1.165, 1.54) is 0 Å². The van der Waals surface area contributed by atoms with Crippen LogP contribution in [-0.4, -0.2) is 81.5 Å². The molecule has 0 heterocycles. The molecule has 1 aromatic rings. The van der Waals surface area contributed by atoms with Crippen LogP contribution in [0.1, 0.15) is 12.0 Å². The van der Waals surface area contributed by atoms with Gasteiger partial charge in [0.25, 0.3) is 0 Å². The Morgan fingerprint density at radius 2 is 1.41 bits per heavy atom. The van der Waals surface area contributed by atoms with Crippen molar-refractivity contribution >= 4 is 42.3 Å². The largest absolute Gasteiger partial charge is 0.481 e. The van der Waals surface area contributed by atoms with Gasteiger partial charge in [0.1, 0.15) is 18.1 Å². The fourth-order valence-electron chi connectivity index (χ4n) is 2.54. The van der Waals surface area contributed by atoms with E-state index >= 15 is 0 Å². The van der Waals surface area contributed by atoms with Gasteiger partial charge in [-0.3, -0.25) is 19.2 Å². The number of benzene rings is 1. The van der Waals surface area contributed by atoms with E-state index in [1.807, 2.05) is 0 Å². The number of rotatable bonds is 13. The van der Waals surface area contributed by atoms with Crippen LogP contribution in [0, 0.1) is 0 Å². The molecule has 1 rings (SSSR count). The van der Waals surface area contributed by atoms with Crippen LogP contribution < -0.4 is 21.7 Å². The Hall–Kier alpha value is -3.16. The SMILES string of the molecule is NC(CC(=O)O)C(=O)NC(Cc1ccccc1)C(=O)NC(CO)C(=O)NC(CS)C(=O)O. The van der Waals surface area contributed by atoms with Gasteiger partial charge in [0.2, 0.25) is 17.7 Å². The maximum Gasteiger partial charge on any atom is 0.327 e. The first-order valence-corrected chi connectivity index (χ1v) is 10.1. The topological polar surface area (TPSA) is 208 Å². The van der Waals surface area contributed by atoms with Crippen molar-refractivity contribution < 1.29 is 39.3 Å². The number of thiol groups is 1. The molecule has 1 aromatic carbocycles. The zero-order valence-corrected chi connectivity index (χ0v) is 17.8. The molecule has 0 saturated carbocycles. The van der Waals surface area contributed by atoms with Crippen LogP contribution in [-0.2, 0) is 30.4 Å². The lowest BCUT2D eigenvalue weighted by molar-refractivity contribution is -0.141. The number of aliphatic hydroxyl groups is 1. The van der Waals surface area contributed by atoms with Gasteiger partial charge in [-0.1, -0.05) is 30.3 Å². The zero-order valence-electron chi connectivity index (χ0n) is 16.9. The zero-order chi connectivity index (χ0) is 24.3. The number of nitrogens with one attached hydrogen (secondary N) is 3. The van der Waals surface area contributed by atoms with Gasteiger partial charge in [0.15, 0.2) is 0 Å². The lowest BCUT2D eigenvalue weighted by Gasteiger charge is -2.24. The third kappa shape index (κ3) is 8.91. The number of hydrogen-bond acceptors (Lipinski definition) is 8. The van der Waals surface area contributed by atoms with Crippen LogP contribution in [0.15, 0.2) is 30.3 Å². The minimum absolute atomic E-state index is 0.0215. The Bertz CT molecular complexity index is 823. The molecule has 0 aromatic heterocycles. The highest BCUT2D eigenvalue weighted by atomic mass is 32.1. The third-order valence-corrected chi connectivity index (χ3v) is 4.62. The second-order valence-corrected chi connectivity index (χ2v) is 7.15. The predicted octanol–water partition coefficient (Wildman–Crippen LogP) is -2.51. The second kappa shape index (κ2) is 13.3. The van der Waals surface area contributed by atoms with Crippen molar-refractivity contribution in [3.63, 3.8) is 0 Å². The number of carboxylic acids is 2. The van der Waals surface area contributed by atoms with Crippen LogP contribution in [0.4, 0.5) is 0 Å². The molecule has 0 radical (unpaired) electrons. The van der Waals surface area contributed by atoms with E-state index in [-0.39, 0.29) is 12.2 Å². The Morgan fingerprint density at radius 1 is 0.875 bits per heavy atom. The molecule has 0 fully saturated rings. The molecule has 176 valence electrons. The van der Waals surface area contributed by atoms with Gasteiger partial charge in [-0.05, 0) is 5.56 Å². The van der Waals surface area contributed by atoms with Gasteiger partial charge in [-0.25, -0.2) is 4.79 Å². The fraction of sp³-hybridized carbons (Fsp3) is 0.421. The first-order chi connectivity index (χ1) is 15.1. The van der Waals surface area contributed by atoms with Crippen LogP contribution >= 0.6 is 12.6 Å². The molecule has 0 aliphatic heterocycles. The summed E-state index contributed by atoms with van der Waals surface area (Å²) in [5, 5.41) is 34.0. The molecule has 0 aliphatic carbocycles. The molecule has 0 spiro atoms. The Morgan fingerprint density at radius 3 is 1.91 bits per heavy atom. The third-order valence-electron chi connectivity index (χ3n) is 4.26. The summed E-state index contributed by atoms with van der Waals surface area (Å²) in [5.41, 5.74) is 6.19. The summed E-state index contributed by atoms with van der Waals surface area (Å²) >= 11 is 3.82. The van der Waals surface area contributed by atoms with Gasteiger partial charge in [0, 0.05) is 12.2 Å². The summed E-state index contributed by atoms with van der Waals surface area (Å²) in [6, 6.07) is 3.00. The summed E-state index contributed by atoms with van der Waals surface area (Å²) in [4.78, 5) is 59.1. The lowest BCUT2D eigenvalue weighted by Crippen LogP contribution is -2.58. The van der Waals surface area contributed by atoms with Crippen LogP contribution in [0.2, 0.25) is 0 Å². The summed E-state index contributed by atoms with van der Waals surface area (Å²) in [6.07, 6.45) is -0.681. The number of aliphatic carboxylic acids is 2. The molecule has 0 saturated heterocycles. The molecule has 3 amide bonds. The van der Waals surface area contributed by atoms with Gasteiger partial charge in [-0.15, -0.1) is 0 Å². The minimum atomic E-state index is -1.51. The van der Waals surface area contributed by atoms with Gasteiger partial charge in [0.05, 0.1) is 19.1 Å². The molecular weight excluding hydrogens is 444 g/mol. The van der Waals surface area contributed by atoms with Gasteiger partial charge >= 0.3 is 11.9 Å². The highest BCUT2D eigenvalue weighted by molar-refractivity contribution is 7.80. The van der Waals surface area contributed by atoms with E-state index in [2.05, 4.69) is 28.6 Å². The van der Waals surface area contributed by atoms with E-state index < -0.39 is 66.9 Å². The summed E-state index contributed by atoms with van der Waals surface area (Å²) in [7, 11) is 0.